The maximum absolute atomic E-state index is 11.5. The van der Waals surface area contributed by atoms with Crippen LogP contribution in [0.4, 0.5) is 10.6 Å². The van der Waals surface area contributed by atoms with Gasteiger partial charge in [-0.2, -0.15) is 5.10 Å². The highest BCUT2D eigenvalue weighted by molar-refractivity contribution is 5.67. The average molecular weight is 266 g/mol. The number of aromatic nitrogens is 2. The molecule has 1 N–H and O–H groups in total. The van der Waals surface area contributed by atoms with Gasteiger partial charge in [0.05, 0.1) is 12.7 Å². The van der Waals surface area contributed by atoms with Gasteiger partial charge in [-0.3, -0.25) is 0 Å². The summed E-state index contributed by atoms with van der Waals surface area (Å²) in [7, 11) is 0. The fourth-order valence-corrected chi connectivity index (χ4v) is 2.10. The van der Waals surface area contributed by atoms with Gasteiger partial charge in [0.15, 0.2) is 0 Å². The van der Waals surface area contributed by atoms with Gasteiger partial charge in [-0.25, -0.2) is 9.48 Å². The highest BCUT2D eigenvalue weighted by atomic mass is 16.6. The second kappa shape index (κ2) is 5.50. The molecule has 2 heterocycles. The Morgan fingerprint density at radius 1 is 1.47 bits per heavy atom. The largest absolute Gasteiger partial charge is 0.444 e. The summed E-state index contributed by atoms with van der Waals surface area (Å²) in [6.45, 7) is 9.06. The lowest BCUT2D eigenvalue weighted by Crippen LogP contribution is -2.34. The summed E-state index contributed by atoms with van der Waals surface area (Å²) in [5, 5.41) is 7.00. The van der Waals surface area contributed by atoms with Crippen LogP contribution in [0.5, 0.6) is 0 Å². The van der Waals surface area contributed by atoms with E-state index in [9.17, 15) is 4.79 Å². The number of rotatable bonds is 4. The van der Waals surface area contributed by atoms with Crippen molar-refractivity contribution < 1.29 is 9.53 Å². The van der Waals surface area contributed by atoms with E-state index in [1.165, 1.54) is 0 Å². The van der Waals surface area contributed by atoms with E-state index < -0.39 is 5.60 Å². The fraction of sp³-hybridized carbons (Fsp3) is 0.692. The summed E-state index contributed by atoms with van der Waals surface area (Å²) in [5.41, 5.74) is -0.439. The van der Waals surface area contributed by atoms with Crippen molar-refractivity contribution >= 4 is 11.9 Å². The lowest BCUT2D eigenvalue weighted by Gasteiger charge is -2.20. The molecule has 106 valence electrons. The van der Waals surface area contributed by atoms with Gasteiger partial charge in [-0.05, 0) is 27.2 Å². The molecule has 19 heavy (non-hydrogen) atoms. The topological polar surface area (TPSA) is 59.4 Å². The van der Waals surface area contributed by atoms with Crippen molar-refractivity contribution in [2.45, 2.75) is 39.3 Å². The van der Waals surface area contributed by atoms with Crippen molar-refractivity contribution in [1.82, 2.24) is 15.1 Å². The van der Waals surface area contributed by atoms with Crippen LogP contribution >= 0.6 is 0 Å². The molecule has 6 nitrogen and oxygen atoms in total. The number of hydrogen-bond acceptors (Lipinski definition) is 4. The summed E-state index contributed by atoms with van der Waals surface area (Å²) in [4.78, 5) is 13.7. The van der Waals surface area contributed by atoms with Gasteiger partial charge < -0.3 is 15.0 Å². The molecule has 1 aliphatic rings. The van der Waals surface area contributed by atoms with E-state index in [2.05, 4.69) is 15.3 Å². The van der Waals surface area contributed by atoms with Crippen LogP contribution in [0, 0.1) is 0 Å². The normalized spacial score (nSPS) is 14.4. The van der Waals surface area contributed by atoms with Crippen LogP contribution in [0.2, 0.25) is 0 Å². The molecule has 0 atom stereocenters. The maximum atomic E-state index is 11.5. The zero-order valence-corrected chi connectivity index (χ0v) is 11.8. The van der Waals surface area contributed by atoms with Crippen LogP contribution < -0.4 is 10.2 Å². The molecule has 0 radical (unpaired) electrons. The highest BCUT2D eigenvalue weighted by Crippen LogP contribution is 2.19. The number of carbonyl (C=O) groups excluding carboxylic acids is 1. The minimum atomic E-state index is -0.439. The Hall–Kier alpha value is -1.72. The summed E-state index contributed by atoms with van der Waals surface area (Å²) in [6.07, 6.45) is 2.36. The van der Waals surface area contributed by atoms with E-state index in [-0.39, 0.29) is 6.09 Å². The Kier molecular flexibility index (Phi) is 3.97. The van der Waals surface area contributed by atoms with Crippen LogP contribution in [0.1, 0.15) is 27.2 Å². The van der Waals surface area contributed by atoms with Gasteiger partial charge in [-0.1, -0.05) is 0 Å². The lowest BCUT2D eigenvalue weighted by molar-refractivity contribution is 0.0527. The van der Waals surface area contributed by atoms with Gasteiger partial charge in [-0.15, -0.1) is 0 Å². The minimum Gasteiger partial charge on any atom is -0.444 e. The predicted molar refractivity (Wildman–Crippen MR) is 73.3 cm³/mol. The molecule has 0 bridgehead atoms. The van der Waals surface area contributed by atoms with E-state index in [1.807, 2.05) is 37.7 Å². The summed E-state index contributed by atoms with van der Waals surface area (Å²) < 4.78 is 7.18. The summed E-state index contributed by atoms with van der Waals surface area (Å²) in [6, 6.07) is 2.02. The highest BCUT2D eigenvalue weighted by Gasteiger charge is 2.19. The maximum Gasteiger partial charge on any atom is 0.407 e. The molecule has 0 unspecified atom stereocenters. The first-order valence-electron chi connectivity index (χ1n) is 6.69. The second-order valence-corrected chi connectivity index (χ2v) is 5.68. The Labute approximate surface area is 113 Å². The van der Waals surface area contributed by atoms with Gasteiger partial charge >= 0.3 is 6.09 Å². The third-order valence-corrected chi connectivity index (χ3v) is 2.87. The molecule has 0 saturated carbocycles. The third kappa shape index (κ3) is 3.87. The summed E-state index contributed by atoms with van der Waals surface area (Å²) in [5.74, 6) is 1.16. The summed E-state index contributed by atoms with van der Waals surface area (Å²) >= 11 is 0. The first-order chi connectivity index (χ1) is 8.96. The Morgan fingerprint density at radius 2 is 2.26 bits per heavy atom. The number of hydrogen-bond donors (Lipinski definition) is 1. The van der Waals surface area contributed by atoms with Crippen molar-refractivity contribution in [2.24, 2.45) is 0 Å². The minimum absolute atomic E-state index is 0.348. The lowest BCUT2D eigenvalue weighted by atomic mass is 10.2. The second-order valence-electron chi connectivity index (χ2n) is 5.68. The van der Waals surface area contributed by atoms with Crippen LogP contribution in [-0.4, -0.2) is 41.1 Å². The number of amides is 1. The first-order valence-corrected chi connectivity index (χ1v) is 6.69. The van der Waals surface area contributed by atoms with Crippen molar-refractivity contribution in [3.8, 4) is 0 Å². The molecule has 0 spiro atoms. The SMILES string of the molecule is CC(C)(C)OC(=O)NCCCN1CCn2nccc21. The predicted octanol–water partition coefficient (Wildman–Crippen LogP) is 1.62. The molecule has 2 rings (SSSR count). The number of alkyl carbamates (subject to hydrolysis) is 1. The van der Waals surface area contributed by atoms with E-state index in [0.717, 1.165) is 31.9 Å². The molecule has 0 aliphatic carbocycles. The van der Waals surface area contributed by atoms with Gasteiger partial charge in [0, 0.05) is 25.7 Å². The number of nitrogens with one attached hydrogen (secondary N) is 1. The molecular weight excluding hydrogens is 244 g/mol. The molecule has 6 heteroatoms. The molecule has 1 aliphatic heterocycles. The van der Waals surface area contributed by atoms with Crippen molar-refractivity contribution in [3.05, 3.63) is 12.3 Å². The molecule has 1 aromatic rings. The molecule has 0 fully saturated rings. The smallest absolute Gasteiger partial charge is 0.407 e. The number of anilines is 1. The first kappa shape index (κ1) is 13.7. The molecular formula is C13H22N4O2. The fourth-order valence-electron chi connectivity index (χ4n) is 2.10. The number of fused-ring (bicyclic) bond motifs is 1. The average Bonchev–Trinajstić information content (AvgIpc) is 2.85. The monoisotopic (exact) mass is 266 g/mol. The molecule has 0 aromatic carbocycles. The van der Waals surface area contributed by atoms with Crippen LogP contribution in [0.25, 0.3) is 0 Å². The van der Waals surface area contributed by atoms with E-state index >= 15 is 0 Å². The standard InChI is InChI=1S/C13H22N4O2/c1-13(2,3)19-12(18)14-6-4-8-16-9-10-17-11(16)5-7-15-17/h5,7H,4,6,8-10H2,1-3H3,(H,14,18). The van der Waals surface area contributed by atoms with Crippen molar-refractivity contribution in [3.63, 3.8) is 0 Å². The van der Waals surface area contributed by atoms with Crippen molar-refractivity contribution in [1.29, 1.82) is 0 Å². The van der Waals surface area contributed by atoms with Gasteiger partial charge in [0.25, 0.3) is 0 Å². The van der Waals surface area contributed by atoms with Gasteiger partial charge in [0.2, 0.25) is 0 Å². The van der Waals surface area contributed by atoms with Crippen LogP contribution in [0.15, 0.2) is 12.3 Å². The van der Waals surface area contributed by atoms with Crippen molar-refractivity contribution in [2.75, 3.05) is 24.5 Å². The Morgan fingerprint density at radius 3 is 3.00 bits per heavy atom. The quantitative estimate of drug-likeness (QED) is 0.841. The molecule has 0 saturated heterocycles. The van der Waals surface area contributed by atoms with Crippen LogP contribution in [0.3, 0.4) is 0 Å². The molecule has 1 aromatic heterocycles. The third-order valence-electron chi connectivity index (χ3n) is 2.87. The zero-order valence-electron chi connectivity index (χ0n) is 11.8. The van der Waals surface area contributed by atoms with Crippen LogP contribution in [-0.2, 0) is 11.3 Å². The van der Waals surface area contributed by atoms with E-state index in [1.54, 1.807) is 0 Å². The number of ether oxygens (including phenoxy) is 1. The number of carbonyl (C=O) groups is 1. The Bertz CT molecular complexity index is 436. The van der Waals surface area contributed by atoms with E-state index in [4.69, 9.17) is 4.74 Å². The Balaban J connectivity index is 1.64. The van der Waals surface area contributed by atoms with Gasteiger partial charge in [0.1, 0.15) is 11.4 Å². The number of nitrogens with zero attached hydrogens (tertiary/aromatic N) is 3. The molecule has 1 amide bonds. The van der Waals surface area contributed by atoms with E-state index in [0.29, 0.717) is 6.54 Å². The zero-order chi connectivity index (χ0) is 13.9.